The molecular weight excluding hydrogens is 479 g/mol. The summed E-state index contributed by atoms with van der Waals surface area (Å²) in [5, 5.41) is 3.19. The lowest BCUT2D eigenvalue weighted by atomic mass is 10.1. The third kappa shape index (κ3) is 4.00. The largest absolute Gasteiger partial charge is 0.309 e. The molecule has 1 atom stereocenters. The Labute approximate surface area is 210 Å². The first kappa shape index (κ1) is 22.8. The normalized spacial score (nSPS) is 18.2. The monoisotopic (exact) mass is 499 g/mol. The molecule has 6 rings (SSSR count). The number of rotatable bonds is 3. The Morgan fingerprint density at radius 2 is 1.14 bits per heavy atom. The summed E-state index contributed by atoms with van der Waals surface area (Å²) in [6, 6.07) is 13.9. The Morgan fingerprint density at radius 3 is 1.68 bits per heavy atom. The second-order valence-electron chi connectivity index (χ2n) is 8.95. The lowest BCUT2D eigenvalue weighted by Crippen LogP contribution is -2.58. The number of nitrogens with zero attached hydrogens (tertiary/aromatic N) is 6. The number of halogens is 3. The number of amidine groups is 3. The van der Waals surface area contributed by atoms with Crippen LogP contribution in [0.1, 0.15) is 33.4 Å². The molecule has 37 heavy (non-hydrogen) atoms. The van der Waals surface area contributed by atoms with Gasteiger partial charge >= 0.3 is 0 Å². The van der Waals surface area contributed by atoms with E-state index in [0.29, 0.717) is 56.8 Å². The van der Waals surface area contributed by atoms with Crippen LogP contribution in [0.4, 0.5) is 13.2 Å². The quantitative estimate of drug-likeness (QED) is 0.572. The number of aryl methyl sites for hydroxylation is 3. The molecule has 0 aromatic heterocycles. The maximum atomic E-state index is 13.9. The van der Waals surface area contributed by atoms with Crippen molar-refractivity contribution in [3.05, 3.63) is 105 Å². The second-order valence-corrected chi connectivity index (χ2v) is 8.95. The first-order valence-corrected chi connectivity index (χ1v) is 11.5. The Kier molecular flexibility index (Phi) is 5.25. The molecular formula is C27H20F3N7. The Balaban J connectivity index is 1.51. The average molecular weight is 500 g/mol. The van der Waals surface area contributed by atoms with Crippen molar-refractivity contribution in [2.24, 2.45) is 25.0 Å². The smallest absolute Gasteiger partial charge is 0.239 e. The minimum atomic E-state index is -0.798. The molecule has 1 N–H and O–H groups in total. The molecule has 10 heteroatoms. The van der Waals surface area contributed by atoms with Crippen LogP contribution in [0.2, 0.25) is 0 Å². The van der Waals surface area contributed by atoms with Gasteiger partial charge in [0, 0.05) is 16.7 Å². The van der Waals surface area contributed by atoms with Crippen LogP contribution in [0.3, 0.4) is 0 Å². The van der Waals surface area contributed by atoms with Crippen LogP contribution < -0.4 is 5.32 Å². The van der Waals surface area contributed by atoms with Crippen molar-refractivity contribution in [1.29, 1.82) is 0 Å². The summed E-state index contributed by atoms with van der Waals surface area (Å²) in [4.78, 5) is 25.0. The van der Waals surface area contributed by atoms with Crippen molar-refractivity contribution in [2.45, 2.75) is 27.1 Å². The molecule has 0 fully saturated rings. The number of hydrogen-bond donors (Lipinski definition) is 1. The summed E-state index contributed by atoms with van der Waals surface area (Å²) < 4.78 is 41.8. The molecule has 3 aliphatic rings. The van der Waals surface area contributed by atoms with Crippen LogP contribution in [-0.2, 0) is 0 Å². The zero-order chi connectivity index (χ0) is 25.8. The molecule has 3 aliphatic heterocycles. The van der Waals surface area contributed by atoms with E-state index in [1.807, 2.05) is 0 Å². The maximum absolute atomic E-state index is 13.9. The fourth-order valence-corrected chi connectivity index (χ4v) is 4.21. The lowest BCUT2D eigenvalue weighted by molar-refractivity contribution is 0.435. The molecule has 3 aromatic rings. The maximum Gasteiger partial charge on any atom is 0.239 e. The molecule has 3 heterocycles. The van der Waals surface area contributed by atoms with E-state index in [1.165, 1.54) is 18.2 Å². The summed E-state index contributed by atoms with van der Waals surface area (Å²) >= 11 is 0. The van der Waals surface area contributed by atoms with Gasteiger partial charge < -0.3 is 5.32 Å². The van der Waals surface area contributed by atoms with E-state index >= 15 is 0 Å². The van der Waals surface area contributed by atoms with Gasteiger partial charge in [-0.2, -0.15) is 15.0 Å². The summed E-state index contributed by atoms with van der Waals surface area (Å²) in [7, 11) is 0. The number of hydrogen-bond acceptors (Lipinski definition) is 7. The van der Waals surface area contributed by atoms with E-state index in [9.17, 15) is 13.2 Å². The van der Waals surface area contributed by atoms with Crippen LogP contribution in [0.15, 0.2) is 79.6 Å². The molecule has 0 amide bonds. The number of nitrogens with one attached hydrogen (secondary N) is 1. The summed E-state index contributed by atoms with van der Waals surface area (Å²) in [6.07, 6.45) is -0.798. The average Bonchev–Trinajstić information content (AvgIpc) is 2.88. The van der Waals surface area contributed by atoms with Gasteiger partial charge in [0.15, 0.2) is 11.7 Å². The first-order valence-electron chi connectivity index (χ1n) is 11.5. The highest BCUT2D eigenvalue weighted by atomic mass is 19.1. The molecule has 7 nitrogen and oxygen atoms in total. The zero-order valence-electron chi connectivity index (χ0n) is 20.1. The minimum Gasteiger partial charge on any atom is -0.309 e. The summed E-state index contributed by atoms with van der Waals surface area (Å²) in [5.41, 5.74) is 3.25. The van der Waals surface area contributed by atoms with Crippen molar-refractivity contribution < 1.29 is 13.2 Å². The third-order valence-electron chi connectivity index (χ3n) is 6.27. The Morgan fingerprint density at radius 1 is 0.649 bits per heavy atom. The number of aliphatic imine (C=N–C) groups is 5. The van der Waals surface area contributed by atoms with Crippen molar-refractivity contribution in [2.75, 3.05) is 0 Å². The minimum absolute atomic E-state index is 0.282. The predicted octanol–water partition coefficient (Wildman–Crippen LogP) is 4.60. The molecule has 1 unspecified atom stereocenters. The first-order chi connectivity index (χ1) is 17.8. The van der Waals surface area contributed by atoms with Gasteiger partial charge in [0.05, 0.1) is 0 Å². The molecule has 0 saturated carbocycles. The highest BCUT2D eigenvalue weighted by Gasteiger charge is 2.38. The Bertz CT molecular complexity index is 1630. The standard InChI is InChI=1S/C27H20F3N7/c1-13-10-16(4-7-19(13)28)22-31-25-33-23(17-5-8-20(29)14(2)11-17)35-27-36-24(34-26(32-22)37(25)27)18-6-9-21(30)15(3)12-18/h4-12,25H,1-3H3,(H,31,32,33,34,35,36). The highest BCUT2D eigenvalue weighted by Crippen LogP contribution is 2.25. The van der Waals surface area contributed by atoms with E-state index in [0.717, 1.165) is 0 Å². The van der Waals surface area contributed by atoms with E-state index in [1.54, 1.807) is 62.1 Å². The van der Waals surface area contributed by atoms with E-state index in [-0.39, 0.29) is 23.4 Å². The van der Waals surface area contributed by atoms with Gasteiger partial charge in [0.1, 0.15) is 23.3 Å². The molecule has 0 aliphatic carbocycles. The number of guanidine groups is 2. The molecule has 0 saturated heterocycles. The summed E-state index contributed by atoms with van der Waals surface area (Å²) in [6.45, 7) is 5.00. The van der Waals surface area contributed by atoms with E-state index < -0.39 is 6.29 Å². The van der Waals surface area contributed by atoms with Crippen molar-refractivity contribution >= 4 is 29.4 Å². The van der Waals surface area contributed by atoms with Crippen LogP contribution in [0, 0.1) is 38.2 Å². The van der Waals surface area contributed by atoms with E-state index in [4.69, 9.17) is 9.98 Å². The predicted molar refractivity (Wildman–Crippen MR) is 137 cm³/mol. The molecule has 0 bridgehead atoms. The van der Waals surface area contributed by atoms with Crippen LogP contribution in [-0.4, -0.2) is 40.6 Å². The number of benzene rings is 3. The topological polar surface area (TPSA) is 77.1 Å². The molecule has 184 valence electrons. The fourth-order valence-electron chi connectivity index (χ4n) is 4.21. The zero-order valence-corrected chi connectivity index (χ0v) is 20.1. The van der Waals surface area contributed by atoms with Gasteiger partial charge in [-0.25, -0.2) is 28.1 Å². The van der Waals surface area contributed by atoms with Gasteiger partial charge in [0.2, 0.25) is 18.2 Å². The van der Waals surface area contributed by atoms with Gasteiger partial charge in [-0.05, 0) is 92.1 Å². The molecule has 0 spiro atoms. The highest BCUT2D eigenvalue weighted by molar-refractivity contribution is 6.25. The molecule has 0 radical (unpaired) electrons. The van der Waals surface area contributed by atoms with Crippen molar-refractivity contribution in [3.8, 4) is 0 Å². The van der Waals surface area contributed by atoms with Crippen molar-refractivity contribution in [1.82, 2.24) is 10.2 Å². The van der Waals surface area contributed by atoms with Crippen molar-refractivity contribution in [3.63, 3.8) is 0 Å². The van der Waals surface area contributed by atoms with Crippen LogP contribution in [0.25, 0.3) is 0 Å². The Hall–Kier alpha value is -4.60. The fraction of sp³-hybridized carbons (Fsp3) is 0.148. The molecule has 3 aromatic carbocycles. The van der Waals surface area contributed by atoms with E-state index in [2.05, 4.69) is 20.3 Å². The second kappa shape index (κ2) is 8.51. The third-order valence-corrected chi connectivity index (χ3v) is 6.27. The summed E-state index contributed by atoms with van der Waals surface area (Å²) in [5.74, 6) is 0.776. The van der Waals surface area contributed by atoms with Crippen LogP contribution in [0.5, 0.6) is 0 Å². The SMILES string of the molecule is Cc1cc(C2=NC3N=C(c4ccc(F)c(C)c4)N=C4NC(c5ccc(F)c(C)c5)=NC(=N2)N43)ccc1F. The van der Waals surface area contributed by atoms with Gasteiger partial charge in [0.25, 0.3) is 0 Å². The van der Waals surface area contributed by atoms with Gasteiger partial charge in [-0.1, -0.05) is 0 Å². The lowest BCUT2D eigenvalue weighted by Gasteiger charge is -2.37. The van der Waals surface area contributed by atoms with Crippen LogP contribution >= 0.6 is 0 Å². The van der Waals surface area contributed by atoms with Gasteiger partial charge in [-0.15, -0.1) is 0 Å². The van der Waals surface area contributed by atoms with Gasteiger partial charge in [-0.3, -0.25) is 0 Å².